The molecular weight excluding hydrogens is 530 g/mol. The third-order valence-electron chi connectivity index (χ3n) is 7.93. The number of hydrogen-bond donors (Lipinski definition) is 4. The van der Waals surface area contributed by atoms with Gasteiger partial charge in [-0.2, -0.15) is 0 Å². The normalized spacial score (nSPS) is 18.1. The van der Waals surface area contributed by atoms with Gasteiger partial charge in [0.05, 0.1) is 23.7 Å². The molecule has 2 aliphatic heterocycles. The van der Waals surface area contributed by atoms with E-state index in [9.17, 15) is 13.6 Å². The second-order valence-corrected chi connectivity index (χ2v) is 10.5. The molecule has 2 aliphatic rings. The van der Waals surface area contributed by atoms with Gasteiger partial charge in [-0.3, -0.25) is 20.0 Å². The van der Waals surface area contributed by atoms with Crippen molar-refractivity contribution in [1.82, 2.24) is 14.9 Å². The summed E-state index contributed by atoms with van der Waals surface area (Å²) in [4.78, 5) is 27.5. The van der Waals surface area contributed by atoms with Gasteiger partial charge in [-0.1, -0.05) is 11.1 Å². The topological polar surface area (TPSA) is 126 Å². The fourth-order valence-electron chi connectivity index (χ4n) is 5.82. The molecule has 0 saturated carbocycles. The summed E-state index contributed by atoms with van der Waals surface area (Å²) in [5.41, 5.74) is 7.82. The molecule has 0 radical (unpaired) electrons. The summed E-state index contributed by atoms with van der Waals surface area (Å²) in [6.45, 7) is 3.21. The van der Waals surface area contributed by atoms with Crippen LogP contribution in [0.1, 0.15) is 29.6 Å². The van der Waals surface area contributed by atoms with E-state index in [1.165, 1.54) is 12.1 Å². The third kappa shape index (κ3) is 5.47. The van der Waals surface area contributed by atoms with Gasteiger partial charge in [-0.05, 0) is 49.6 Å². The Morgan fingerprint density at radius 3 is 2.68 bits per heavy atom. The number of rotatable bonds is 8. The lowest BCUT2D eigenvalue weighted by molar-refractivity contribution is -0.333. The van der Waals surface area contributed by atoms with Crippen LogP contribution < -0.4 is 31.0 Å². The number of nitrogens with two attached hydrogens (primary N) is 1. The van der Waals surface area contributed by atoms with Crippen LogP contribution in [-0.4, -0.2) is 66.3 Å². The summed E-state index contributed by atoms with van der Waals surface area (Å²) in [6.07, 6.45) is 3.70. The Balaban J connectivity index is 1.21. The molecule has 0 aliphatic carbocycles. The van der Waals surface area contributed by atoms with Crippen molar-refractivity contribution in [3.8, 4) is 5.75 Å². The molecule has 2 aromatic heterocycles. The van der Waals surface area contributed by atoms with Gasteiger partial charge in [0, 0.05) is 50.2 Å². The van der Waals surface area contributed by atoms with E-state index in [-0.39, 0.29) is 11.3 Å². The molecule has 2 saturated heterocycles. The molecule has 6 rings (SSSR count). The summed E-state index contributed by atoms with van der Waals surface area (Å²) in [5, 5.41) is 7.05. The molecule has 0 spiro atoms. The van der Waals surface area contributed by atoms with E-state index >= 15 is 0 Å². The van der Waals surface area contributed by atoms with Crippen molar-refractivity contribution in [2.24, 2.45) is 5.73 Å². The van der Waals surface area contributed by atoms with Gasteiger partial charge in [-0.25, -0.2) is 13.8 Å². The van der Waals surface area contributed by atoms with Crippen LogP contribution in [0.2, 0.25) is 0 Å². The van der Waals surface area contributed by atoms with Crippen LogP contribution in [-0.2, 0) is 0 Å². The molecule has 2 aromatic carbocycles. The van der Waals surface area contributed by atoms with E-state index in [4.69, 9.17) is 10.5 Å². The highest BCUT2D eigenvalue weighted by atomic mass is 19.1. The van der Waals surface area contributed by atoms with E-state index in [0.717, 1.165) is 38.2 Å². The van der Waals surface area contributed by atoms with Crippen LogP contribution in [0.3, 0.4) is 0 Å². The standard InChI is InChI=1S/C29H32F2N8O2/c1-41-24-15-19(38-13-9-18(10-14-38)39-12-8-17(30)16-39)5-6-22(24)35-29-36-27-20(7-11-33-27)28(37-29)34-23-4-2-3-21(31)25(23)26(32)40/h2-7,11,15,17-18H,8-10,12-14,16H2,1H3,(H2,32,40)(H3,33,34,35,36,37)/p+1/t17-/m1/s1. The number of primary amides is 1. The van der Waals surface area contributed by atoms with Gasteiger partial charge in [0.15, 0.2) is 5.75 Å². The molecule has 6 N–H and O–H groups in total. The number of halogens is 2. The summed E-state index contributed by atoms with van der Waals surface area (Å²) in [6, 6.07) is 12.5. The van der Waals surface area contributed by atoms with Crippen molar-refractivity contribution in [2.45, 2.75) is 31.5 Å². The molecule has 0 bridgehead atoms. The van der Waals surface area contributed by atoms with Gasteiger partial charge in [-0.15, -0.1) is 0 Å². The number of aromatic amines is 2. The van der Waals surface area contributed by atoms with Crippen molar-refractivity contribution in [3.05, 3.63) is 60.0 Å². The molecular formula is C29H33F2N8O2+. The molecule has 1 atom stereocenters. The minimum Gasteiger partial charge on any atom is -0.493 e. The fourth-order valence-corrected chi connectivity index (χ4v) is 5.82. The maximum atomic E-state index is 14.4. The largest absolute Gasteiger partial charge is 0.493 e. The molecule has 4 aromatic rings. The molecule has 4 heterocycles. The minimum atomic E-state index is -0.879. The zero-order valence-electron chi connectivity index (χ0n) is 22.7. The van der Waals surface area contributed by atoms with Gasteiger partial charge in [0.25, 0.3) is 5.91 Å². The molecule has 0 unspecified atom stereocenters. The number of carbonyl (C=O) groups excluding carboxylic acids is 1. The zero-order chi connectivity index (χ0) is 28.5. The van der Waals surface area contributed by atoms with Crippen LogP contribution in [0.15, 0.2) is 48.7 Å². The second-order valence-electron chi connectivity index (χ2n) is 10.5. The summed E-state index contributed by atoms with van der Waals surface area (Å²) in [5.74, 6) is -0.168. The van der Waals surface area contributed by atoms with E-state index in [1.807, 2.05) is 24.3 Å². The van der Waals surface area contributed by atoms with Gasteiger partial charge < -0.3 is 20.7 Å². The van der Waals surface area contributed by atoms with Crippen molar-refractivity contribution in [3.63, 3.8) is 0 Å². The number of benzene rings is 2. The number of anilines is 5. The Labute approximate surface area is 235 Å². The second kappa shape index (κ2) is 11.2. The third-order valence-corrected chi connectivity index (χ3v) is 7.93. The van der Waals surface area contributed by atoms with E-state index < -0.39 is 17.9 Å². The number of methoxy groups -OCH3 is 1. The highest BCUT2D eigenvalue weighted by Gasteiger charge is 2.31. The first-order valence-electron chi connectivity index (χ1n) is 13.7. The number of piperidine rings is 1. The average molecular weight is 564 g/mol. The summed E-state index contributed by atoms with van der Waals surface area (Å²) in [7, 11) is 1.62. The molecule has 214 valence electrons. The Kier molecular flexibility index (Phi) is 7.31. The molecule has 12 heteroatoms. The maximum Gasteiger partial charge on any atom is 0.351 e. The predicted octanol–water partition coefficient (Wildman–Crippen LogP) is 4.12. The Morgan fingerprint density at radius 2 is 1.95 bits per heavy atom. The monoisotopic (exact) mass is 563 g/mol. The van der Waals surface area contributed by atoms with Crippen LogP contribution >= 0.6 is 0 Å². The number of carbonyl (C=O) groups is 1. The number of amides is 1. The molecule has 10 nitrogen and oxygen atoms in total. The van der Waals surface area contributed by atoms with Gasteiger partial charge in [0.1, 0.15) is 17.7 Å². The van der Waals surface area contributed by atoms with Crippen molar-refractivity contribution in [2.75, 3.05) is 48.8 Å². The quantitative estimate of drug-likeness (QED) is 0.254. The number of nitrogens with zero attached hydrogens (tertiary/aromatic N) is 3. The zero-order valence-corrected chi connectivity index (χ0v) is 22.7. The van der Waals surface area contributed by atoms with Crippen LogP contribution in [0, 0.1) is 5.82 Å². The van der Waals surface area contributed by atoms with E-state index in [1.54, 1.807) is 19.4 Å². The Hall–Kier alpha value is -4.45. The van der Waals surface area contributed by atoms with Crippen molar-refractivity contribution >= 4 is 45.8 Å². The van der Waals surface area contributed by atoms with E-state index in [2.05, 4.69) is 35.4 Å². The number of aromatic nitrogens is 3. The Morgan fingerprint density at radius 1 is 1.12 bits per heavy atom. The van der Waals surface area contributed by atoms with Gasteiger partial charge >= 0.3 is 5.95 Å². The number of alkyl halides is 1. The summed E-state index contributed by atoms with van der Waals surface area (Å²) < 4.78 is 33.8. The van der Waals surface area contributed by atoms with Crippen molar-refractivity contribution < 1.29 is 23.3 Å². The number of fused-ring (bicyclic) bond motifs is 1. The Bertz CT molecular complexity index is 1570. The average Bonchev–Trinajstić information content (AvgIpc) is 3.62. The van der Waals surface area contributed by atoms with Crippen LogP contribution in [0.25, 0.3) is 11.0 Å². The highest BCUT2D eigenvalue weighted by molar-refractivity contribution is 6.00. The number of hydrogen-bond acceptors (Lipinski definition) is 7. The predicted molar refractivity (Wildman–Crippen MR) is 153 cm³/mol. The first kappa shape index (κ1) is 26.8. The SMILES string of the molecule is COc1cc(N2CCC(N3CC[C@@H](F)C3)CC2)ccc1Nc1nc(Nc2cccc(F)c2C(N)=O)c2cc[nH]c2[nH+]1. The first-order chi connectivity index (χ1) is 19.9. The summed E-state index contributed by atoms with van der Waals surface area (Å²) >= 11 is 0. The lowest BCUT2D eigenvalue weighted by Gasteiger charge is -2.37. The number of nitrogens with one attached hydrogen (secondary N) is 4. The molecule has 41 heavy (non-hydrogen) atoms. The molecule has 1 amide bonds. The number of likely N-dealkylation sites (tertiary alicyclic amines) is 1. The maximum absolute atomic E-state index is 14.4. The smallest absolute Gasteiger partial charge is 0.351 e. The lowest BCUT2D eigenvalue weighted by Crippen LogP contribution is -2.44. The first-order valence-corrected chi connectivity index (χ1v) is 13.7. The van der Waals surface area contributed by atoms with Crippen molar-refractivity contribution in [1.29, 1.82) is 0 Å². The van der Waals surface area contributed by atoms with Gasteiger partial charge in [0.2, 0.25) is 11.5 Å². The highest BCUT2D eigenvalue weighted by Crippen LogP contribution is 2.34. The minimum absolute atomic E-state index is 0.213. The van der Waals surface area contributed by atoms with Crippen LogP contribution in [0.5, 0.6) is 5.75 Å². The fraction of sp³-hybridized carbons (Fsp3) is 0.345. The lowest BCUT2D eigenvalue weighted by atomic mass is 10.0. The molecule has 2 fully saturated rings. The van der Waals surface area contributed by atoms with Crippen LogP contribution in [0.4, 0.5) is 37.6 Å². The van der Waals surface area contributed by atoms with E-state index in [0.29, 0.717) is 53.2 Å². The number of ether oxygens (including phenoxy) is 1. The number of H-pyrrole nitrogens is 2.